The van der Waals surface area contributed by atoms with Gasteiger partial charge in [-0.05, 0) is 37.1 Å². The lowest BCUT2D eigenvalue weighted by atomic mass is 10.2. The Morgan fingerprint density at radius 2 is 2.24 bits per heavy atom. The van der Waals surface area contributed by atoms with Gasteiger partial charge in [-0.15, -0.1) is 0 Å². The monoisotopic (exact) mass is 299 g/mol. The molecular formula is C13H18BrNO2. The maximum atomic E-state index is 11.4. The Kier molecular flexibility index (Phi) is 6.05. The van der Waals surface area contributed by atoms with E-state index in [9.17, 15) is 4.79 Å². The van der Waals surface area contributed by atoms with Gasteiger partial charge in [0.15, 0.2) is 6.61 Å². The molecule has 0 bridgehead atoms. The minimum absolute atomic E-state index is 0.0687. The molecule has 0 saturated carbocycles. The second kappa shape index (κ2) is 7.33. The average Bonchev–Trinajstić information content (AvgIpc) is 2.28. The summed E-state index contributed by atoms with van der Waals surface area (Å²) >= 11 is 3.38. The summed E-state index contributed by atoms with van der Waals surface area (Å²) in [7, 11) is 0. The number of carbonyl (C=O) groups is 1. The van der Waals surface area contributed by atoms with E-state index in [1.165, 1.54) is 0 Å². The number of aryl methyl sites for hydroxylation is 1. The minimum atomic E-state index is -0.0687. The van der Waals surface area contributed by atoms with Gasteiger partial charge in [-0.1, -0.05) is 29.3 Å². The molecule has 1 N–H and O–H groups in total. The van der Waals surface area contributed by atoms with Crippen molar-refractivity contribution < 1.29 is 9.53 Å². The summed E-state index contributed by atoms with van der Waals surface area (Å²) < 4.78 is 6.46. The van der Waals surface area contributed by atoms with Crippen LogP contribution in [0.3, 0.4) is 0 Å². The maximum absolute atomic E-state index is 11.4. The molecule has 0 aliphatic carbocycles. The lowest BCUT2D eigenvalue weighted by molar-refractivity contribution is -0.123. The first-order chi connectivity index (χ1) is 8.13. The van der Waals surface area contributed by atoms with Gasteiger partial charge in [0.05, 0.1) is 0 Å². The topological polar surface area (TPSA) is 38.3 Å². The highest BCUT2D eigenvalue weighted by atomic mass is 79.9. The molecular weight excluding hydrogens is 282 g/mol. The van der Waals surface area contributed by atoms with Crippen LogP contribution < -0.4 is 10.1 Å². The molecule has 1 aromatic carbocycles. The first kappa shape index (κ1) is 14.0. The number of carbonyl (C=O) groups excluding carboxylic acids is 1. The molecule has 0 spiro atoms. The highest BCUT2D eigenvalue weighted by Gasteiger charge is 2.04. The number of unbranched alkanes of at least 4 members (excludes halogenated alkanes) is 1. The van der Waals surface area contributed by atoms with Gasteiger partial charge in [-0.2, -0.15) is 0 Å². The zero-order chi connectivity index (χ0) is 12.7. The molecule has 0 unspecified atom stereocenters. The van der Waals surface area contributed by atoms with Crippen molar-refractivity contribution in [2.75, 3.05) is 13.2 Å². The van der Waals surface area contributed by atoms with Crippen LogP contribution in [0.5, 0.6) is 5.75 Å². The number of hydrogen-bond donors (Lipinski definition) is 1. The van der Waals surface area contributed by atoms with Crippen LogP contribution in [0.15, 0.2) is 22.7 Å². The molecule has 0 fully saturated rings. The van der Waals surface area contributed by atoms with Gasteiger partial charge in [0.1, 0.15) is 5.75 Å². The number of halogens is 1. The molecule has 0 aliphatic heterocycles. The molecule has 3 nitrogen and oxygen atoms in total. The van der Waals surface area contributed by atoms with Crippen LogP contribution in [0.4, 0.5) is 0 Å². The molecule has 17 heavy (non-hydrogen) atoms. The summed E-state index contributed by atoms with van der Waals surface area (Å²) in [5, 5.41) is 2.81. The summed E-state index contributed by atoms with van der Waals surface area (Å²) in [6.07, 6.45) is 2.08. The van der Waals surface area contributed by atoms with Crippen LogP contribution in [-0.4, -0.2) is 19.1 Å². The van der Waals surface area contributed by atoms with Gasteiger partial charge in [0.2, 0.25) is 0 Å². The lowest BCUT2D eigenvalue weighted by Gasteiger charge is -2.09. The van der Waals surface area contributed by atoms with Crippen LogP contribution in [-0.2, 0) is 4.79 Å². The largest absolute Gasteiger partial charge is 0.484 e. The number of benzene rings is 1. The number of ether oxygens (including phenoxy) is 1. The Bertz CT molecular complexity index is 380. The van der Waals surface area contributed by atoms with E-state index < -0.39 is 0 Å². The van der Waals surface area contributed by atoms with Crippen molar-refractivity contribution in [2.45, 2.75) is 26.7 Å². The van der Waals surface area contributed by atoms with Crippen molar-refractivity contribution in [3.63, 3.8) is 0 Å². The lowest BCUT2D eigenvalue weighted by Crippen LogP contribution is -2.29. The third-order valence-corrected chi connectivity index (χ3v) is 2.84. The summed E-state index contributed by atoms with van der Waals surface area (Å²) in [6, 6.07) is 5.72. The van der Waals surface area contributed by atoms with E-state index in [4.69, 9.17) is 4.74 Å². The fraction of sp³-hybridized carbons (Fsp3) is 0.462. The Labute approximate surface area is 111 Å². The normalized spacial score (nSPS) is 10.1. The van der Waals surface area contributed by atoms with Gasteiger partial charge in [-0.3, -0.25) is 4.79 Å². The van der Waals surface area contributed by atoms with Crippen LogP contribution in [0, 0.1) is 6.92 Å². The number of nitrogens with one attached hydrogen (secondary N) is 1. The van der Waals surface area contributed by atoms with Crippen molar-refractivity contribution in [3.05, 3.63) is 28.2 Å². The first-order valence-corrected chi connectivity index (χ1v) is 6.58. The molecule has 0 radical (unpaired) electrons. The molecule has 4 heteroatoms. The Hall–Kier alpha value is -1.03. The van der Waals surface area contributed by atoms with Crippen LogP contribution in [0.2, 0.25) is 0 Å². The standard InChI is InChI=1S/C13H18BrNO2/c1-3-4-7-15-13(16)9-17-12-6-5-11(14)8-10(12)2/h5-6,8H,3-4,7,9H2,1-2H3,(H,15,16). The predicted octanol–water partition coefficient (Wildman–Crippen LogP) is 3.05. The van der Waals surface area contributed by atoms with Crippen molar-refractivity contribution in [1.82, 2.24) is 5.32 Å². The van der Waals surface area contributed by atoms with E-state index >= 15 is 0 Å². The fourth-order valence-electron chi connectivity index (χ4n) is 1.37. The molecule has 0 aromatic heterocycles. The zero-order valence-corrected chi connectivity index (χ0v) is 11.8. The predicted molar refractivity (Wildman–Crippen MR) is 72.3 cm³/mol. The van der Waals surface area contributed by atoms with Gasteiger partial charge >= 0.3 is 0 Å². The van der Waals surface area contributed by atoms with E-state index in [-0.39, 0.29) is 12.5 Å². The van der Waals surface area contributed by atoms with Crippen LogP contribution >= 0.6 is 15.9 Å². The van der Waals surface area contributed by atoms with Gasteiger partial charge in [0.25, 0.3) is 5.91 Å². The van der Waals surface area contributed by atoms with Gasteiger partial charge < -0.3 is 10.1 Å². The molecule has 0 saturated heterocycles. The summed E-state index contributed by atoms with van der Waals surface area (Å²) in [4.78, 5) is 11.4. The van der Waals surface area contributed by atoms with E-state index in [0.29, 0.717) is 0 Å². The Balaban J connectivity index is 2.37. The van der Waals surface area contributed by atoms with Crippen LogP contribution in [0.25, 0.3) is 0 Å². The smallest absolute Gasteiger partial charge is 0.257 e. The second-order valence-electron chi connectivity index (χ2n) is 3.90. The van der Waals surface area contributed by atoms with Crippen molar-refractivity contribution in [2.24, 2.45) is 0 Å². The molecule has 0 aliphatic rings. The molecule has 1 amide bonds. The van der Waals surface area contributed by atoms with E-state index in [2.05, 4.69) is 28.2 Å². The number of hydrogen-bond acceptors (Lipinski definition) is 2. The highest BCUT2D eigenvalue weighted by Crippen LogP contribution is 2.21. The van der Waals surface area contributed by atoms with Crippen molar-refractivity contribution >= 4 is 21.8 Å². The maximum Gasteiger partial charge on any atom is 0.257 e. The Morgan fingerprint density at radius 3 is 2.88 bits per heavy atom. The molecule has 1 aromatic rings. The molecule has 0 atom stereocenters. The van der Waals surface area contributed by atoms with Crippen LogP contribution in [0.1, 0.15) is 25.3 Å². The number of amides is 1. The minimum Gasteiger partial charge on any atom is -0.484 e. The highest BCUT2D eigenvalue weighted by molar-refractivity contribution is 9.10. The zero-order valence-electron chi connectivity index (χ0n) is 10.3. The summed E-state index contributed by atoms with van der Waals surface area (Å²) in [6.45, 7) is 4.84. The van der Waals surface area contributed by atoms with Gasteiger partial charge in [0, 0.05) is 11.0 Å². The van der Waals surface area contributed by atoms with E-state index in [0.717, 1.165) is 35.2 Å². The summed E-state index contributed by atoms with van der Waals surface area (Å²) in [5.41, 5.74) is 1.01. The van der Waals surface area contributed by atoms with Gasteiger partial charge in [-0.25, -0.2) is 0 Å². The molecule has 1 rings (SSSR count). The SMILES string of the molecule is CCCCNC(=O)COc1ccc(Br)cc1C. The molecule has 0 heterocycles. The average molecular weight is 300 g/mol. The quantitative estimate of drug-likeness (QED) is 0.820. The molecule has 94 valence electrons. The Morgan fingerprint density at radius 1 is 1.47 bits per heavy atom. The fourth-order valence-corrected chi connectivity index (χ4v) is 1.85. The third-order valence-electron chi connectivity index (χ3n) is 2.35. The van der Waals surface area contributed by atoms with E-state index in [1.807, 2.05) is 25.1 Å². The third kappa shape index (κ3) is 5.22. The van der Waals surface area contributed by atoms with Crippen molar-refractivity contribution in [3.8, 4) is 5.75 Å². The summed E-state index contributed by atoms with van der Waals surface area (Å²) in [5.74, 6) is 0.680. The first-order valence-electron chi connectivity index (χ1n) is 5.79. The van der Waals surface area contributed by atoms with E-state index in [1.54, 1.807) is 0 Å². The van der Waals surface area contributed by atoms with Crippen molar-refractivity contribution in [1.29, 1.82) is 0 Å². The number of rotatable bonds is 6. The second-order valence-corrected chi connectivity index (χ2v) is 4.82.